The molecule has 1 aromatic rings. The molecule has 0 amide bonds. The second-order valence-electron chi connectivity index (χ2n) is 10.2. The van der Waals surface area contributed by atoms with E-state index < -0.39 is 0 Å². The average Bonchev–Trinajstić information content (AvgIpc) is 2.81. The molecule has 0 heterocycles. The molecule has 1 unspecified atom stereocenters. The fraction of sp³-hybridized carbons (Fsp3) is 0.724. The molecule has 2 aliphatic rings. The summed E-state index contributed by atoms with van der Waals surface area (Å²) in [4.78, 5) is 0. The quantitative estimate of drug-likeness (QED) is 0.302. The minimum atomic E-state index is -0.219. The summed E-state index contributed by atoms with van der Waals surface area (Å²) in [5, 5.41) is 0. The monoisotopic (exact) mass is 428 g/mol. The zero-order valence-electron chi connectivity index (χ0n) is 20.1. The Morgan fingerprint density at radius 2 is 1.61 bits per heavy atom. The van der Waals surface area contributed by atoms with Gasteiger partial charge in [-0.05, 0) is 80.4 Å². The first-order valence-corrected chi connectivity index (χ1v) is 13.3. The van der Waals surface area contributed by atoms with Gasteiger partial charge < -0.3 is 4.74 Å². The minimum absolute atomic E-state index is 0.219. The lowest BCUT2D eigenvalue weighted by molar-refractivity contribution is 0.235. The zero-order chi connectivity index (χ0) is 21.9. The number of rotatable bonds is 12. The Bertz CT molecular complexity index is 671. The van der Waals surface area contributed by atoms with E-state index in [0.717, 1.165) is 42.6 Å². The van der Waals surface area contributed by atoms with E-state index in [-0.39, 0.29) is 5.82 Å². The lowest BCUT2D eigenvalue weighted by Gasteiger charge is -2.30. The van der Waals surface area contributed by atoms with E-state index in [1.807, 2.05) is 13.0 Å². The summed E-state index contributed by atoms with van der Waals surface area (Å²) in [5.41, 5.74) is 2.67. The third kappa shape index (κ3) is 8.28. The molecule has 0 aromatic heterocycles. The van der Waals surface area contributed by atoms with Crippen LogP contribution in [0.5, 0.6) is 5.75 Å². The van der Waals surface area contributed by atoms with Crippen LogP contribution in [-0.4, -0.2) is 6.61 Å². The molecule has 1 saturated carbocycles. The van der Waals surface area contributed by atoms with Crippen molar-refractivity contribution in [2.75, 3.05) is 6.61 Å². The fourth-order valence-corrected chi connectivity index (χ4v) is 5.54. The topological polar surface area (TPSA) is 9.23 Å². The van der Waals surface area contributed by atoms with Gasteiger partial charge in [0.1, 0.15) is 0 Å². The molecule has 1 nitrogen and oxygen atoms in total. The Morgan fingerprint density at radius 1 is 0.871 bits per heavy atom. The molecule has 174 valence electrons. The highest BCUT2D eigenvalue weighted by Gasteiger charge is 2.22. The molecule has 1 fully saturated rings. The number of benzene rings is 1. The van der Waals surface area contributed by atoms with E-state index in [4.69, 9.17) is 4.74 Å². The number of ether oxygens (including phenoxy) is 1. The summed E-state index contributed by atoms with van der Waals surface area (Å²) in [7, 11) is 0. The summed E-state index contributed by atoms with van der Waals surface area (Å²) < 4.78 is 19.6. The van der Waals surface area contributed by atoms with Gasteiger partial charge in [-0.3, -0.25) is 0 Å². The summed E-state index contributed by atoms with van der Waals surface area (Å²) in [5.74, 6) is 3.10. The van der Waals surface area contributed by atoms with Crippen LogP contribution in [0.25, 0.3) is 0 Å². The Balaban J connectivity index is 1.33. The molecule has 1 atom stereocenters. The van der Waals surface area contributed by atoms with Crippen LogP contribution in [0, 0.1) is 23.6 Å². The average molecular weight is 429 g/mol. The molecular formula is C29H45FO. The van der Waals surface area contributed by atoms with Gasteiger partial charge in [-0.2, -0.15) is 0 Å². The van der Waals surface area contributed by atoms with Crippen LogP contribution in [0.2, 0.25) is 0 Å². The number of allylic oxidation sites excluding steroid dienone is 2. The highest BCUT2D eigenvalue weighted by Crippen LogP contribution is 2.37. The van der Waals surface area contributed by atoms with Crippen LogP contribution in [0.1, 0.15) is 109 Å². The van der Waals surface area contributed by atoms with Crippen molar-refractivity contribution in [3.05, 3.63) is 41.2 Å². The molecule has 0 spiro atoms. The molecule has 31 heavy (non-hydrogen) atoms. The Kier molecular flexibility index (Phi) is 10.4. The van der Waals surface area contributed by atoms with Crippen molar-refractivity contribution in [2.24, 2.45) is 17.8 Å². The van der Waals surface area contributed by atoms with Crippen molar-refractivity contribution >= 4 is 0 Å². The highest BCUT2D eigenvalue weighted by molar-refractivity contribution is 5.30. The molecule has 0 N–H and O–H groups in total. The standard InChI is InChI=1S/C29H45FO/c1-3-5-6-23-7-9-24(10-8-23)11-12-25-13-15-26(16-14-25)17-18-27-19-20-29(28(30)22-27)31-21-4-2/h15,19-20,22-25H,3-14,16-18,21H2,1-2H3. The van der Waals surface area contributed by atoms with Gasteiger partial charge in [0.2, 0.25) is 0 Å². The van der Waals surface area contributed by atoms with E-state index in [1.54, 1.807) is 17.7 Å². The van der Waals surface area contributed by atoms with Gasteiger partial charge in [-0.25, -0.2) is 4.39 Å². The van der Waals surface area contributed by atoms with Gasteiger partial charge in [0.15, 0.2) is 11.6 Å². The predicted molar refractivity (Wildman–Crippen MR) is 130 cm³/mol. The third-order valence-corrected chi connectivity index (χ3v) is 7.72. The highest BCUT2D eigenvalue weighted by atomic mass is 19.1. The van der Waals surface area contributed by atoms with Gasteiger partial charge in [-0.15, -0.1) is 0 Å². The fourth-order valence-electron chi connectivity index (χ4n) is 5.54. The van der Waals surface area contributed by atoms with Crippen LogP contribution in [0.4, 0.5) is 4.39 Å². The van der Waals surface area contributed by atoms with E-state index >= 15 is 0 Å². The number of aryl methyl sites for hydroxylation is 1. The third-order valence-electron chi connectivity index (χ3n) is 7.72. The van der Waals surface area contributed by atoms with Crippen LogP contribution < -0.4 is 4.74 Å². The molecule has 0 aliphatic heterocycles. The van der Waals surface area contributed by atoms with Gasteiger partial charge in [0.25, 0.3) is 0 Å². The van der Waals surface area contributed by atoms with E-state index in [9.17, 15) is 4.39 Å². The minimum Gasteiger partial charge on any atom is -0.491 e. The van der Waals surface area contributed by atoms with Gasteiger partial charge in [0, 0.05) is 0 Å². The Hall–Kier alpha value is -1.31. The first-order chi connectivity index (χ1) is 15.2. The van der Waals surface area contributed by atoms with Gasteiger partial charge in [0.05, 0.1) is 6.61 Å². The molecule has 0 bridgehead atoms. The SMILES string of the molecule is CCCCC1CCC(CCC2CC=C(CCc3ccc(OCCC)c(F)c3)CC2)CC1. The smallest absolute Gasteiger partial charge is 0.165 e. The maximum atomic E-state index is 14.2. The normalized spacial score (nSPS) is 24.1. The molecule has 0 radical (unpaired) electrons. The summed E-state index contributed by atoms with van der Waals surface area (Å²) in [6.45, 7) is 4.93. The Morgan fingerprint density at radius 3 is 2.26 bits per heavy atom. The van der Waals surface area contributed by atoms with Crippen LogP contribution >= 0.6 is 0 Å². The second-order valence-corrected chi connectivity index (χ2v) is 10.2. The largest absolute Gasteiger partial charge is 0.491 e. The maximum Gasteiger partial charge on any atom is 0.165 e. The lowest BCUT2D eigenvalue weighted by Crippen LogP contribution is -2.16. The first kappa shape index (κ1) is 24.3. The number of hydrogen-bond donors (Lipinski definition) is 0. The summed E-state index contributed by atoms with van der Waals surface area (Å²) in [6.07, 6.45) is 22.4. The second kappa shape index (κ2) is 13.3. The van der Waals surface area contributed by atoms with Crippen molar-refractivity contribution in [3.63, 3.8) is 0 Å². The van der Waals surface area contributed by atoms with Crippen molar-refractivity contribution in [2.45, 2.75) is 110 Å². The number of hydrogen-bond acceptors (Lipinski definition) is 1. The summed E-state index contributed by atoms with van der Waals surface area (Å²) in [6, 6.07) is 5.48. The lowest BCUT2D eigenvalue weighted by atomic mass is 9.76. The van der Waals surface area contributed by atoms with Crippen LogP contribution in [0.3, 0.4) is 0 Å². The van der Waals surface area contributed by atoms with E-state index in [0.29, 0.717) is 12.4 Å². The van der Waals surface area contributed by atoms with Crippen molar-refractivity contribution in [1.82, 2.24) is 0 Å². The van der Waals surface area contributed by atoms with Gasteiger partial charge in [-0.1, -0.05) is 82.9 Å². The molecular weight excluding hydrogens is 383 g/mol. The maximum absolute atomic E-state index is 14.2. The van der Waals surface area contributed by atoms with E-state index in [1.165, 1.54) is 77.0 Å². The molecule has 2 aliphatic carbocycles. The number of unbranched alkanes of at least 4 members (excludes halogenated alkanes) is 1. The van der Waals surface area contributed by atoms with Crippen molar-refractivity contribution in [3.8, 4) is 5.75 Å². The molecule has 0 saturated heterocycles. The van der Waals surface area contributed by atoms with Crippen LogP contribution in [0.15, 0.2) is 29.8 Å². The Labute approximate surface area is 190 Å². The van der Waals surface area contributed by atoms with Crippen molar-refractivity contribution in [1.29, 1.82) is 0 Å². The zero-order valence-corrected chi connectivity index (χ0v) is 20.1. The molecule has 1 aromatic carbocycles. The van der Waals surface area contributed by atoms with E-state index in [2.05, 4.69) is 13.0 Å². The van der Waals surface area contributed by atoms with Gasteiger partial charge >= 0.3 is 0 Å². The first-order valence-electron chi connectivity index (χ1n) is 13.3. The summed E-state index contributed by atoms with van der Waals surface area (Å²) >= 11 is 0. The van der Waals surface area contributed by atoms with Crippen molar-refractivity contribution < 1.29 is 9.13 Å². The molecule has 2 heteroatoms. The number of halogens is 1. The van der Waals surface area contributed by atoms with Crippen LogP contribution in [-0.2, 0) is 6.42 Å². The molecule has 3 rings (SSSR count). The predicted octanol–water partition coefficient (Wildman–Crippen LogP) is 9.05.